The summed E-state index contributed by atoms with van der Waals surface area (Å²) < 4.78 is 35.1. The van der Waals surface area contributed by atoms with E-state index in [2.05, 4.69) is 0 Å². The lowest BCUT2D eigenvalue weighted by atomic mass is 10.2. The van der Waals surface area contributed by atoms with Crippen LogP contribution in [0.25, 0.3) is 10.2 Å². The maximum absolute atomic E-state index is 13.1. The minimum absolute atomic E-state index is 0.129. The fraction of sp³-hybridized carbons (Fsp3) is 0.333. The van der Waals surface area contributed by atoms with Crippen molar-refractivity contribution in [3.63, 3.8) is 0 Å². The topological polar surface area (TPSA) is 88.9 Å². The van der Waals surface area contributed by atoms with Crippen molar-refractivity contribution < 1.29 is 17.9 Å². The van der Waals surface area contributed by atoms with Crippen molar-refractivity contribution in [2.75, 3.05) is 32.8 Å². The van der Waals surface area contributed by atoms with Gasteiger partial charge < -0.3 is 14.2 Å². The second-order valence-electron chi connectivity index (χ2n) is 7.21. The second kappa shape index (κ2) is 8.45. The Morgan fingerprint density at radius 1 is 1.06 bits per heavy atom. The van der Waals surface area contributed by atoms with E-state index in [-0.39, 0.29) is 28.8 Å². The van der Waals surface area contributed by atoms with E-state index in [9.17, 15) is 18.0 Å². The third-order valence-electron chi connectivity index (χ3n) is 5.34. The number of sulfonamides is 1. The highest BCUT2D eigenvalue weighted by Crippen LogP contribution is 2.24. The van der Waals surface area contributed by atoms with Gasteiger partial charge >= 0.3 is 4.87 Å². The van der Waals surface area contributed by atoms with Crippen LogP contribution in [0.4, 0.5) is 0 Å². The van der Waals surface area contributed by atoms with E-state index in [4.69, 9.17) is 4.74 Å². The summed E-state index contributed by atoms with van der Waals surface area (Å²) in [6.07, 6.45) is 0. The summed E-state index contributed by atoms with van der Waals surface area (Å²) in [5.74, 6) is 0.575. The van der Waals surface area contributed by atoms with Crippen molar-refractivity contribution in [3.8, 4) is 5.75 Å². The minimum atomic E-state index is -3.71. The Morgan fingerprint density at radius 2 is 1.74 bits per heavy atom. The minimum Gasteiger partial charge on any atom is -0.494 e. The number of carbonyl (C=O) groups is 1. The number of aryl methyl sites for hydroxylation is 1. The largest absolute Gasteiger partial charge is 0.494 e. The van der Waals surface area contributed by atoms with Crippen molar-refractivity contribution in [2.24, 2.45) is 7.05 Å². The number of ether oxygens (including phenoxy) is 1. The molecule has 8 nitrogen and oxygen atoms in total. The van der Waals surface area contributed by atoms with Crippen LogP contribution < -0.4 is 9.61 Å². The van der Waals surface area contributed by atoms with Gasteiger partial charge in [-0.15, -0.1) is 0 Å². The molecule has 1 aliphatic heterocycles. The first-order chi connectivity index (χ1) is 14.8. The van der Waals surface area contributed by atoms with Crippen molar-refractivity contribution in [2.45, 2.75) is 11.8 Å². The Hall–Kier alpha value is -2.69. The standard InChI is InChI=1S/C21H23N3O5S2/c1-3-29-16-6-4-15(5-7-16)20(25)23-10-12-24(13-11-23)31(27,28)17-8-9-18-19(14-17)30-21(26)22(18)2/h4-9,14H,3,10-13H2,1-2H3. The Kier molecular flexibility index (Phi) is 5.87. The number of nitrogens with zero attached hydrogens (tertiary/aromatic N) is 3. The lowest BCUT2D eigenvalue weighted by Gasteiger charge is -2.34. The van der Waals surface area contributed by atoms with Gasteiger partial charge in [-0.3, -0.25) is 9.59 Å². The van der Waals surface area contributed by atoms with Gasteiger partial charge in [0.15, 0.2) is 0 Å². The summed E-state index contributed by atoms with van der Waals surface area (Å²) in [7, 11) is -2.05. The molecule has 4 rings (SSSR count). The maximum Gasteiger partial charge on any atom is 0.307 e. The fourth-order valence-electron chi connectivity index (χ4n) is 3.60. The highest BCUT2D eigenvalue weighted by molar-refractivity contribution is 7.89. The molecule has 1 saturated heterocycles. The van der Waals surface area contributed by atoms with E-state index in [1.54, 1.807) is 48.3 Å². The molecule has 0 spiro atoms. The number of aromatic nitrogens is 1. The zero-order valence-electron chi connectivity index (χ0n) is 17.3. The number of benzene rings is 2. The van der Waals surface area contributed by atoms with E-state index in [1.165, 1.54) is 14.9 Å². The number of rotatable bonds is 5. The van der Waals surface area contributed by atoms with Crippen molar-refractivity contribution in [3.05, 3.63) is 57.7 Å². The Morgan fingerprint density at radius 3 is 2.39 bits per heavy atom. The molecule has 1 aliphatic rings. The first kappa shape index (κ1) is 21.5. The van der Waals surface area contributed by atoms with Crippen LogP contribution in [0, 0.1) is 0 Å². The molecule has 0 bridgehead atoms. The molecule has 2 aromatic carbocycles. The molecule has 1 fully saturated rings. The third-order valence-corrected chi connectivity index (χ3v) is 8.23. The Balaban J connectivity index is 1.46. The molecule has 0 unspecified atom stereocenters. The van der Waals surface area contributed by atoms with Crippen LogP contribution in [0.2, 0.25) is 0 Å². The summed E-state index contributed by atoms with van der Waals surface area (Å²) in [6.45, 7) is 3.51. The number of piperazine rings is 1. The van der Waals surface area contributed by atoms with Gasteiger partial charge in [-0.05, 0) is 49.4 Å². The summed E-state index contributed by atoms with van der Waals surface area (Å²) in [4.78, 5) is 26.3. The predicted molar refractivity (Wildman–Crippen MR) is 119 cm³/mol. The molecule has 31 heavy (non-hydrogen) atoms. The molecular weight excluding hydrogens is 438 g/mol. The quantitative estimate of drug-likeness (QED) is 0.581. The molecule has 2 heterocycles. The average Bonchev–Trinajstić information content (AvgIpc) is 3.07. The monoisotopic (exact) mass is 461 g/mol. The molecule has 1 aromatic heterocycles. The van der Waals surface area contributed by atoms with Gasteiger partial charge in [-0.25, -0.2) is 8.42 Å². The first-order valence-electron chi connectivity index (χ1n) is 9.93. The molecular formula is C21H23N3O5S2. The Bertz CT molecular complexity index is 1270. The molecule has 0 saturated carbocycles. The normalized spacial score (nSPS) is 15.4. The van der Waals surface area contributed by atoms with Gasteiger partial charge in [0.05, 0.1) is 21.7 Å². The molecule has 0 N–H and O–H groups in total. The lowest BCUT2D eigenvalue weighted by Crippen LogP contribution is -2.50. The maximum atomic E-state index is 13.1. The van der Waals surface area contributed by atoms with Gasteiger partial charge in [-0.2, -0.15) is 4.31 Å². The van der Waals surface area contributed by atoms with Crippen LogP contribution >= 0.6 is 11.3 Å². The molecule has 10 heteroatoms. The van der Waals surface area contributed by atoms with E-state index in [0.717, 1.165) is 11.3 Å². The van der Waals surface area contributed by atoms with Crippen molar-refractivity contribution >= 4 is 37.5 Å². The summed E-state index contributed by atoms with van der Waals surface area (Å²) >= 11 is 1.02. The van der Waals surface area contributed by atoms with Crippen LogP contribution in [-0.4, -0.2) is 60.9 Å². The number of carbonyl (C=O) groups excluding carboxylic acids is 1. The molecule has 3 aromatic rings. The summed E-state index contributed by atoms with van der Waals surface area (Å²) in [5, 5.41) is 0. The van der Waals surface area contributed by atoms with Crippen LogP contribution in [0.1, 0.15) is 17.3 Å². The van der Waals surface area contributed by atoms with Crippen LogP contribution in [-0.2, 0) is 17.1 Å². The van der Waals surface area contributed by atoms with E-state index in [1.807, 2.05) is 6.92 Å². The van der Waals surface area contributed by atoms with Gasteiger partial charge in [0, 0.05) is 38.8 Å². The molecule has 1 amide bonds. The third kappa shape index (κ3) is 4.10. The van der Waals surface area contributed by atoms with Gasteiger partial charge in [0.1, 0.15) is 5.75 Å². The first-order valence-corrected chi connectivity index (χ1v) is 12.2. The smallest absolute Gasteiger partial charge is 0.307 e. The van der Waals surface area contributed by atoms with E-state index >= 15 is 0 Å². The molecule has 0 aliphatic carbocycles. The highest BCUT2D eigenvalue weighted by Gasteiger charge is 2.30. The number of hydrogen-bond acceptors (Lipinski definition) is 6. The highest BCUT2D eigenvalue weighted by atomic mass is 32.2. The second-order valence-corrected chi connectivity index (χ2v) is 10.1. The molecule has 164 valence electrons. The zero-order valence-corrected chi connectivity index (χ0v) is 18.9. The van der Waals surface area contributed by atoms with Crippen molar-refractivity contribution in [1.82, 2.24) is 13.8 Å². The number of fused-ring (bicyclic) bond motifs is 1. The zero-order chi connectivity index (χ0) is 22.2. The molecule has 0 atom stereocenters. The number of hydrogen-bond donors (Lipinski definition) is 0. The van der Waals surface area contributed by atoms with Crippen molar-refractivity contribution in [1.29, 1.82) is 0 Å². The van der Waals surface area contributed by atoms with Crippen LogP contribution in [0.15, 0.2) is 52.2 Å². The van der Waals surface area contributed by atoms with Gasteiger partial charge in [0.25, 0.3) is 5.91 Å². The lowest BCUT2D eigenvalue weighted by molar-refractivity contribution is 0.0698. The average molecular weight is 462 g/mol. The molecule has 0 radical (unpaired) electrons. The van der Waals surface area contributed by atoms with E-state index < -0.39 is 10.0 Å². The van der Waals surface area contributed by atoms with Gasteiger partial charge in [0.2, 0.25) is 10.0 Å². The SMILES string of the molecule is CCOc1ccc(C(=O)N2CCN(S(=O)(=O)c3ccc4c(c3)sc(=O)n4C)CC2)cc1. The number of thiazole rings is 1. The predicted octanol–water partition coefficient (Wildman–Crippen LogP) is 2.15. The van der Waals surface area contributed by atoms with Gasteiger partial charge in [-0.1, -0.05) is 11.3 Å². The fourth-order valence-corrected chi connectivity index (χ4v) is 6.04. The summed E-state index contributed by atoms with van der Waals surface area (Å²) in [5.41, 5.74) is 1.25. The summed E-state index contributed by atoms with van der Waals surface area (Å²) in [6, 6.07) is 11.7. The van der Waals surface area contributed by atoms with Crippen LogP contribution in [0.5, 0.6) is 5.75 Å². The Labute approximate surface area is 184 Å². The number of amides is 1. The van der Waals surface area contributed by atoms with Crippen LogP contribution in [0.3, 0.4) is 0 Å². The van der Waals surface area contributed by atoms with E-state index in [0.29, 0.717) is 41.2 Å².